The van der Waals surface area contributed by atoms with E-state index < -0.39 is 0 Å². The molecule has 1 amide bonds. The van der Waals surface area contributed by atoms with Gasteiger partial charge in [-0.1, -0.05) is 31.0 Å². The summed E-state index contributed by atoms with van der Waals surface area (Å²) in [7, 11) is 1.79. The number of benzene rings is 1. The molecule has 0 aliphatic carbocycles. The van der Waals surface area contributed by atoms with E-state index in [1.165, 1.54) is 11.8 Å². The highest BCUT2D eigenvalue weighted by molar-refractivity contribution is 5.91. The van der Waals surface area contributed by atoms with Gasteiger partial charge in [-0.25, -0.2) is 9.97 Å². The summed E-state index contributed by atoms with van der Waals surface area (Å²) in [5.74, 6) is 0.527. The zero-order valence-corrected chi connectivity index (χ0v) is 13.3. The highest BCUT2D eigenvalue weighted by atomic mass is 16.2. The fourth-order valence-electron chi connectivity index (χ4n) is 1.98. The molecule has 0 unspecified atom stereocenters. The second-order valence-corrected chi connectivity index (χ2v) is 5.36. The number of carbonyl (C=O) groups is 1. The van der Waals surface area contributed by atoms with Gasteiger partial charge in [0.25, 0.3) is 5.91 Å². The maximum Gasteiger partial charge on any atom is 0.273 e. The first-order valence-corrected chi connectivity index (χ1v) is 7.51. The first kappa shape index (κ1) is 15.9. The molecule has 0 aliphatic heterocycles. The normalized spacial score (nSPS) is 10.3. The van der Waals surface area contributed by atoms with Crippen molar-refractivity contribution >= 4 is 17.4 Å². The lowest BCUT2D eigenvalue weighted by Gasteiger charge is -2.16. The highest BCUT2D eigenvalue weighted by Gasteiger charge is 2.13. The minimum Gasteiger partial charge on any atom is -0.340 e. The fraction of sp³-hybridized carbons (Fsp3) is 0.353. The number of unbranched alkanes of at least 4 members (excludes halogenated alkanes) is 1. The van der Waals surface area contributed by atoms with Crippen molar-refractivity contribution in [3.05, 3.63) is 47.9 Å². The van der Waals surface area contributed by atoms with Gasteiger partial charge in [-0.2, -0.15) is 0 Å². The van der Waals surface area contributed by atoms with Gasteiger partial charge in [0.05, 0.1) is 12.4 Å². The average molecular weight is 298 g/mol. The van der Waals surface area contributed by atoms with Crippen molar-refractivity contribution in [1.82, 2.24) is 14.9 Å². The molecule has 0 bridgehead atoms. The predicted octanol–water partition coefficient (Wildman–Crippen LogP) is 3.40. The summed E-state index contributed by atoms with van der Waals surface area (Å²) in [6.45, 7) is 4.88. The van der Waals surface area contributed by atoms with E-state index in [9.17, 15) is 4.79 Å². The third-order valence-corrected chi connectivity index (χ3v) is 3.39. The Morgan fingerprint density at radius 3 is 2.50 bits per heavy atom. The maximum atomic E-state index is 12.2. The van der Waals surface area contributed by atoms with Crippen molar-refractivity contribution in [3.8, 4) is 0 Å². The van der Waals surface area contributed by atoms with Crippen LogP contribution in [0, 0.1) is 6.92 Å². The first-order chi connectivity index (χ1) is 10.6. The number of hydrogen-bond donors (Lipinski definition) is 1. The molecule has 116 valence electrons. The summed E-state index contributed by atoms with van der Waals surface area (Å²) < 4.78 is 0. The first-order valence-electron chi connectivity index (χ1n) is 7.51. The Hall–Kier alpha value is -2.43. The average Bonchev–Trinajstić information content (AvgIpc) is 2.55. The Bertz CT molecular complexity index is 608. The number of nitrogens with zero attached hydrogens (tertiary/aromatic N) is 3. The number of aromatic nitrogens is 2. The highest BCUT2D eigenvalue weighted by Crippen LogP contribution is 2.14. The van der Waals surface area contributed by atoms with Crippen LogP contribution in [0.3, 0.4) is 0 Å². The lowest BCUT2D eigenvalue weighted by Crippen LogP contribution is -2.28. The Labute approximate surface area is 131 Å². The van der Waals surface area contributed by atoms with Crippen molar-refractivity contribution in [1.29, 1.82) is 0 Å². The number of anilines is 2. The van der Waals surface area contributed by atoms with E-state index in [1.807, 2.05) is 31.2 Å². The second-order valence-electron chi connectivity index (χ2n) is 5.36. The van der Waals surface area contributed by atoms with Crippen LogP contribution in [0.15, 0.2) is 36.7 Å². The zero-order valence-electron chi connectivity index (χ0n) is 13.3. The summed E-state index contributed by atoms with van der Waals surface area (Å²) in [5.41, 5.74) is 2.51. The van der Waals surface area contributed by atoms with E-state index in [0.717, 1.165) is 25.1 Å². The molecule has 0 fully saturated rings. The van der Waals surface area contributed by atoms with Gasteiger partial charge >= 0.3 is 0 Å². The molecule has 22 heavy (non-hydrogen) atoms. The second kappa shape index (κ2) is 7.54. The quantitative estimate of drug-likeness (QED) is 0.888. The number of aryl methyl sites for hydroxylation is 1. The smallest absolute Gasteiger partial charge is 0.273 e. The van der Waals surface area contributed by atoms with Crippen LogP contribution in [0.4, 0.5) is 11.5 Å². The molecule has 5 nitrogen and oxygen atoms in total. The van der Waals surface area contributed by atoms with Crippen LogP contribution >= 0.6 is 0 Å². The van der Waals surface area contributed by atoms with Crippen molar-refractivity contribution in [3.63, 3.8) is 0 Å². The van der Waals surface area contributed by atoms with Gasteiger partial charge in [0.1, 0.15) is 11.5 Å². The molecule has 0 atom stereocenters. The summed E-state index contributed by atoms with van der Waals surface area (Å²) in [4.78, 5) is 22.3. The predicted molar refractivity (Wildman–Crippen MR) is 88.4 cm³/mol. The largest absolute Gasteiger partial charge is 0.340 e. The number of carbonyl (C=O) groups excluding carboxylic acids is 1. The van der Waals surface area contributed by atoms with Crippen LogP contribution in [0.1, 0.15) is 35.8 Å². The van der Waals surface area contributed by atoms with E-state index >= 15 is 0 Å². The Kier molecular flexibility index (Phi) is 5.47. The summed E-state index contributed by atoms with van der Waals surface area (Å²) >= 11 is 0. The Morgan fingerprint density at radius 1 is 1.18 bits per heavy atom. The summed E-state index contributed by atoms with van der Waals surface area (Å²) in [5, 5.41) is 3.16. The molecule has 2 rings (SSSR count). The lowest BCUT2D eigenvalue weighted by atomic mass is 10.2. The SMILES string of the molecule is CCCCN(C)C(=O)c1cnc(Nc2ccc(C)cc2)cn1. The Morgan fingerprint density at radius 2 is 1.91 bits per heavy atom. The third-order valence-electron chi connectivity index (χ3n) is 3.39. The molecule has 1 N–H and O–H groups in total. The van der Waals surface area contributed by atoms with Gasteiger partial charge in [-0.05, 0) is 25.5 Å². The van der Waals surface area contributed by atoms with E-state index in [-0.39, 0.29) is 5.91 Å². The van der Waals surface area contributed by atoms with Gasteiger partial charge in [-0.3, -0.25) is 4.79 Å². The molecule has 1 aromatic carbocycles. The van der Waals surface area contributed by atoms with E-state index in [0.29, 0.717) is 11.5 Å². The number of rotatable bonds is 6. The molecule has 0 radical (unpaired) electrons. The van der Waals surface area contributed by atoms with Gasteiger partial charge in [0.15, 0.2) is 0 Å². The molecule has 0 spiro atoms. The molecule has 5 heteroatoms. The topological polar surface area (TPSA) is 58.1 Å². The number of nitrogens with one attached hydrogen (secondary N) is 1. The van der Waals surface area contributed by atoms with Crippen molar-refractivity contribution in [2.75, 3.05) is 18.9 Å². The zero-order chi connectivity index (χ0) is 15.9. The minimum atomic E-state index is -0.0946. The molecule has 1 heterocycles. The van der Waals surface area contributed by atoms with Crippen molar-refractivity contribution in [2.24, 2.45) is 0 Å². The third kappa shape index (κ3) is 4.28. The van der Waals surface area contributed by atoms with Crippen molar-refractivity contribution in [2.45, 2.75) is 26.7 Å². The molecule has 0 saturated heterocycles. The lowest BCUT2D eigenvalue weighted by molar-refractivity contribution is 0.0787. The van der Waals surface area contributed by atoms with E-state index in [1.54, 1.807) is 18.1 Å². The summed E-state index contributed by atoms with van der Waals surface area (Å²) in [6, 6.07) is 8.01. The van der Waals surface area contributed by atoms with E-state index in [2.05, 4.69) is 22.2 Å². The van der Waals surface area contributed by atoms with Crippen LogP contribution in [0.2, 0.25) is 0 Å². The van der Waals surface area contributed by atoms with Crippen LogP contribution in [-0.4, -0.2) is 34.4 Å². The molecule has 2 aromatic rings. The van der Waals surface area contributed by atoms with Crippen LogP contribution in [0.5, 0.6) is 0 Å². The van der Waals surface area contributed by atoms with Crippen molar-refractivity contribution < 1.29 is 4.79 Å². The van der Waals surface area contributed by atoms with E-state index in [4.69, 9.17) is 0 Å². The van der Waals surface area contributed by atoms with Crippen LogP contribution < -0.4 is 5.32 Å². The number of amides is 1. The van der Waals surface area contributed by atoms with Gasteiger partial charge < -0.3 is 10.2 Å². The molecule has 0 aliphatic rings. The number of hydrogen-bond acceptors (Lipinski definition) is 4. The minimum absolute atomic E-state index is 0.0946. The Balaban J connectivity index is 2.00. The van der Waals surface area contributed by atoms with Crippen LogP contribution in [-0.2, 0) is 0 Å². The van der Waals surface area contributed by atoms with Gasteiger partial charge in [-0.15, -0.1) is 0 Å². The fourth-order valence-corrected chi connectivity index (χ4v) is 1.98. The van der Waals surface area contributed by atoms with Crippen LogP contribution in [0.25, 0.3) is 0 Å². The monoisotopic (exact) mass is 298 g/mol. The molecular weight excluding hydrogens is 276 g/mol. The standard InChI is InChI=1S/C17H22N4O/c1-4-5-10-21(3)17(22)15-11-19-16(12-18-15)20-14-8-6-13(2)7-9-14/h6-9,11-12H,4-5,10H2,1-3H3,(H,19,20). The van der Waals surface area contributed by atoms with Gasteiger partial charge in [0.2, 0.25) is 0 Å². The molecular formula is C17H22N4O. The summed E-state index contributed by atoms with van der Waals surface area (Å²) in [6.07, 6.45) is 5.15. The molecule has 1 aromatic heterocycles. The van der Waals surface area contributed by atoms with Gasteiger partial charge in [0, 0.05) is 19.3 Å². The molecule has 0 saturated carbocycles. The maximum absolute atomic E-state index is 12.2.